The van der Waals surface area contributed by atoms with E-state index in [1.165, 1.54) is 0 Å². The number of carbonyl (C=O) groups is 1. The zero-order valence-corrected chi connectivity index (χ0v) is 10.3. The van der Waals surface area contributed by atoms with Crippen LogP contribution in [0.15, 0.2) is 29.4 Å². The summed E-state index contributed by atoms with van der Waals surface area (Å²) in [7, 11) is 0. The largest absolute Gasteiger partial charge is 0.317 e. The van der Waals surface area contributed by atoms with Gasteiger partial charge in [0, 0.05) is 6.20 Å². The van der Waals surface area contributed by atoms with Crippen molar-refractivity contribution in [3.8, 4) is 0 Å². The number of aliphatic imine (C=N–C) groups is 1. The topological polar surface area (TPSA) is 32.7 Å². The molecule has 0 spiro atoms. The van der Waals surface area contributed by atoms with Crippen LogP contribution in [0, 0.1) is 11.8 Å². The minimum absolute atomic E-state index is 0.0105. The third-order valence-electron chi connectivity index (χ3n) is 3.56. The molecule has 0 saturated carbocycles. The van der Waals surface area contributed by atoms with Gasteiger partial charge in [-0.15, -0.1) is 0 Å². The van der Waals surface area contributed by atoms with Crippen LogP contribution in [0.1, 0.15) is 27.7 Å². The van der Waals surface area contributed by atoms with Gasteiger partial charge in [0.15, 0.2) is 0 Å². The molecular formula is C13H18N2O. The van der Waals surface area contributed by atoms with E-state index in [0.717, 1.165) is 5.84 Å². The van der Waals surface area contributed by atoms with E-state index in [1.807, 2.05) is 29.3 Å². The standard InChI is InChI=1S/C13H18N2O/c1-9(2)13(10(3)4)12(16)14-11-7-5-6-8-15(11)13/h5-10H,1-4H3. The van der Waals surface area contributed by atoms with Crippen LogP contribution >= 0.6 is 0 Å². The highest BCUT2D eigenvalue weighted by Crippen LogP contribution is 2.39. The third-order valence-corrected chi connectivity index (χ3v) is 3.56. The van der Waals surface area contributed by atoms with Gasteiger partial charge in [-0.25, -0.2) is 0 Å². The van der Waals surface area contributed by atoms with E-state index < -0.39 is 5.54 Å². The Bertz CT molecular complexity index is 394. The molecule has 0 atom stereocenters. The van der Waals surface area contributed by atoms with E-state index in [2.05, 4.69) is 32.7 Å². The van der Waals surface area contributed by atoms with Gasteiger partial charge in [-0.2, -0.15) is 4.99 Å². The Morgan fingerprint density at radius 3 is 2.38 bits per heavy atom. The van der Waals surface area contributed by atoms with E-state index >= 15 is 0 Å². The maximum atomic E-state index is 12.2. The van der Waals surface area contributed by atoms with Gasteiger partial charge >= 0.3 is 0 Å². The van der Waals surface area contributed by atoms with Crippen LogP contribution in [-0.4, -0.2) is 22.2 Å². The number of amidine groups is 1. The first-order chi connectivity index (χ1) is 7.51. The molecule has 2 aliphatic rings. The first-order valence-corrected chi connectivity index (χ1v) is 5.78. The second-order valence-corrected chi connectivity index (χ2v) is 4.98. The molecule has 2 aliphatic heterocycles. The molecule has 2 heterocycles. The van der Waals surface area contributed by atoms with E-state index in [-0.39, 0.29) is 17.7 Å². The molecule has 0 fully saturated rings. The normalized spacial score (nSPS) is 22.0. The fourth-order valence-electron chi connectivity index (χ4n) is 2.85. The fourth-order valence-corrected chi connectivity index (χ4v) is 2.85. The summed E-state index contributed by atoms with van der Waals surface area (Å²) in [4.78, 5) is 18.5. The lowest BCUT2D eigenvalue weighted by Gasteiger charge is -2.43. The second-order valence-electron chi connectivity index (χ2n) is 4.98. The van der Waals surface area contributed by atoms with Crippen LogP contribution in [0.25, 0.3) is 0 Å². The summed E-state index contributed by atoms with van der Waals surface area (Å²) >= 11 is 0. The van der Waals surface area contributed by atoms with Crippen molar-refractivity contribution < 1.29 is 4.79 Å². The molecule has 0 aromatic heterocycles. The lowest BCUT2D eigenvalue weighted by molar-refractivity contribution is -0.129. The number of amides is 1. The van der Waals surface area contributed by atoms with Crippen molar-refractivity contribution in [1.82, 2.24) is 4.90 Å². The lowest BCUT2D eigenvalue weighted by Crippen LogP contribution is -2.56. The van der Waals surface area contributed by atoms with Crippen LogP contribution in [0.4, 0.5) is 0 Å². The average Bonchev–Trinajstić information content (AvgIpc) is 2.50. The maximum absolute atomic E-state index is 12.2. The molecule has 2 rings (SSSR count). The molecule has 0 N–H and O–H groups in total. The third kappa shape index (κ3) is 1.20. The Morgan fingerprint density at radius 2 is 1.81 bits per heavy atom. The molecule has 0 saturated heterocycles. The van der Waals surface area contributed by atoms with Crippen LogP contribution in [0.5, 0.6) is 0 Å². The minimum Gasteiger partial charge on any atom is -0.317 e. The minimum atomic E-state index is -0.503. The predicted molar refractivity (Wildman–Crippen MR) is 65.0 cm³/mol. The van der Waals surface area contributed by atoms with Gasteiger partial charge in [0.05, 0.1) is 0 Å². The summed E-state index contributed by atoms with van der Waals surface area (Å²) in [5.41, 5.74) is -0.503. The Labute approximate surface area is 96.5 Å². The van der Waals surface area contributed by atoms with E-state index in [0.29, 0.717) is 0 Å². The molecule has 0 aliphatic carbocycles. The highest BCUT2D eigenvalue weighted by molar-refractivity contribution is 6.12. The van der Waals surface area contributed by atoms with Crippen molar-refractivity contribution in [3.63, 3.8) is 0 Å². The number of hydrogen-bond donors (Lipinski definition) is 0. The number of rotatable bonds is 2. The molecule has 0 bridgehead atoms. The second kappa shape index (κ2) is 3.58. The van der Waals surface area contributed by atoms with Gasteiger partial charge in [0.1, 0.15) is 11.4 Å². The number of fused-ring (bicyclic) bond motifs is 1. The molecule has 1 amide bonds. The Morgan fingerprint density at radius 1 is 1.19 bits per heavy atom. The first-order valence-electron chi connectivity index (χ1n) is 5.78. The number of nitrogens with zero attached hydrogens (tertiary/aromatic N) is 2. The Balaban J connectivity index is 2.53. The van der Waals surface area contributed by atoms with Gasteiger partial charge in [0.25, 0.3) is 5.91 Å². The average molecular weight is 218 g/mol. The van der Waals surface area contributed by atoms with Crippen LogP contribution < -0.4 is 0 Å². The summed E-state index contributed by atoms with van der Waals surface area (Å²) in [6, 6.07) is 0. The Hall–Kier alpha value is -1.38. The summed E-state index contributed by atoms with van der Waals surface area (Å²) in [5.74, 6) is 1.23. The molecule has 0 aromatic rings. The molecule has 0 radical (unpaired) electrons. The zero-order chi connectivity index (χ0) is 11.9. The molecule has 0 aromatic carbocycles. The van der Waals surface area contributed by atoms with Crippen LogP contribution in [0.2, 0.25) is 0 Å². The van der Waals surface area contributed by atoms with Crippen LogP contribution in [-0.2, 0) is 4.79 Å². The predicted octanol–water partition coefficient (Wildman–Crippen LogP) is 2.36. The highest BCUT2D eigenvalue weighted by Gasteiger charge is 2.53. The number of allylic oxidation sites excluding steroid dienone is 2. The monoisotopic (exact) mass is 218 g/mol. The molecular weight excluding hydrogens is 200 g/mol. The van der Waals surface area contributed by atoms with Crippen molar-refractivity contribution in [2.75, 3.05) is 0 Å². The SMILES string of the molecule is CC(C)C1(C(C)C)C(=O)N=C2C=CC=CN21. The van der Waals surface area contributed by atoms with Crippen molar-refractivity contribution in [3.05, 3.63) is 24.4 Å². The Kier molecular flexibility index (Phi) is 2.49. The van der Waals surface area contributed by atoms with Crippen molar-refractivity contribution in [1.29, 1.82) is 0 Å². The van der Waals surface area contributed by atoms with Gasteiger partial charge in [0.2, 0.25) is 0 Å². The van der Waals surface area contributed by atoms with Gasteiger partial charge in [-0.1, -0.05) is 33.8 Å². The van der Waals surface area contributed by atoms with Crippen molar-refractivity contribution in [2.45, 2.75) is 33.2 Å². The van der Waals surface area contributed by atoms with Gasteiger partial charge < -0.3 is 4.90 Å². The molecule has 3 nitrogen and oxygen atoms in total. The van der Waals surface area contributed by atoms with Gasteiger partial charge in [-0.05, 0) is 24.0 Å². The van der Waals surface area contributed by atoms with E-state index in [4.69, 9.17) is 0 Å². The summed E-state index contributed by atoms with van der Waals surface area (Å²) in [6.07, 6.45) is 7.73. The summed E-state index contributed by atoms with van der Waals surface area (Å²) in [5, 5.41) is 0. The smallest absolute Gasteiger partial charge is 0.274 e. The van der Waals surface area contributed by atoms with Crippen molar-refractivity contribution in [2.24, 2.45) is 16.8 Å². The fraction of sp³-hybridized carbons (Fsp3) is 0.538. The number of carbonyl (C=O) groups excluding carboxylic acids is 1. The molecule has 0 unspecified atom stereocenters. The maximum Gasteiger partial charge on any atom is 0.274 e. The zero-order valence-electron chi connectivity index (χ0n) is 10.3. The molecule has 86 valence electrons. The summed E-state index contributed by atoms with van der Waals surface area (Å²) < 4.78 is 0. The van der Waals surface area contributed by atoms with E-state index in [9.17, 15) is 4.79 Å². The summed E-state index contributed by atoms with van der Waals surface area (Å²) in [6.45, 7) is 8.34. The van der Waals surface area contributed by atoms with Crippen LogP contribution in [0.3, 0.4) is 0 Å². The molecule has 16 heavy (non-hydrogen) atoms. The highest BCUT2D eigenvalue weighted by atomic mass is 16.2. The first kappa shape index (κ1) is 11.1. The van der Waals surface area contributed by atoms with Gasteiger partial charge in [-0.3, -0.25) is 4.79 Å². The lowest BCUT2D eigenvalue weighted by atomic mass is 9.75. The number of hydrogen-bond acceptors (Lipinski definition) is 2. The molecule has 3 heteroatoms. The van der Waals surface area contributed by atoms with E-state index in [1.54, 1.807) is 0 Å². The quantitative estimate of drug-likeness (QED) is 0.712. The van der Waals surface area contributed by atoms with Crippen molar-refractivity contribution >= 4 is 11.7 Å².